The lowest BCUT2D eigenvalue weighted by Crippen LogP contribution is -2.27. The molecule has 0 fully saturated rings. The maximum Gasteiger partial charge on any atom is 0.262 e. The second-order valence-corrected chi connectivity index (χ2v) is 9.09. The van der Waals surface area contributed by atoms with Gasteiger partial charge in [-0.15, -0.1) is 0 Å². The molecule has 3 rings (SSSR count). The van der Waals surface area contributed by atoms with E-state index in [-0.39, 0.29) is 24.1 Å². The number of hydrogen-bond donors (Lipinski definition) is 2. The molecule has 8 heteroatoms. The molecule has 0 aliphatic heterocycles. The highest BCUT2D eigenvalue weighted by Crippen LogP contribution is 2.35. The number of nitriles is 1. The van der Waals surface area contributed by atoms with E-state index in [1.165, 1.54) is 6.08 Å². The van der Waals surface area contributed by atoms with Crippen LogP contribution in [0, 0.1) is 18.3 Å². The van der Waals surface area contributed by atoms with Crippen molar-refractivity contribution >= 4 is 39.5 Å². The van der Waals surface area contributed by atoms with E-state index in [0.29, 0.717) is 33.8 Å². The molecule has 0 aromatic heterocycles. The van der Waals surface area contributed by atoms with E-state index >= 15 is 0 Å². The van der Waals surface area contributed by atoms with Gasteiger partial charge in [-0.05, 0) is 62.2 Å². The Morgan fingerprint density at radius 3 is 2.38 bits per heavy atom. The number of benzene rings is 3. The van der Waals surface area contributed by atoms with Gasteiger partial charge in [-0.2, -0.15) is 5.26 Å². The number of aryl methyl sites for hydroxylation is 1. The first-order valence-corrected chi connectivity index (χ1v) is 12.5. The van der Waals surface area contributed by atoms with E-state index in [2.05, 4.69) is 26.6 Å². The molecule has 0 radical (unpaired) electrons. The summed E-state index contributed by atoms with van der Waals surface area (Å²) < 4.78 is 12.0. The monoisotopic (exact) mass is 561 g/mol. The highest BCUT2D eigenvalue weighted by atomic mass is 79.9. The highest BCUT2D eigenvalue weighted by molar-refractivity contribution is 9.10. The normalized spacial score (nSPS) is 11.7. The lowest BCUT2D eigenvalue weighted by atomic mass is 10.1. The van der Waals surface area contributed by atoms with Crippen LogP contribution in [0.5, 0.6) is 11.5 Å². The van der Waals surface area contributed by atoms with Gasteiger partial charge in [-0.25, -0.2) is 0 Å². The number of rotatable bonds is 10. The van der Waals surface area contributed by atoms with Gasteiger partial charge in [0.15, 0.2) is 18.1 Å². The fraction of sp³-hybridized carbons (Fsp3) is 0.207. The van der Waals surface area contributed by atoms with Crippen molar-refractivity contribution < 1.29 is 19.1 Å². The minimum Gasteiger partial charge on any atom is -0.490 e. The van der Waals surface area contributed by atoms with Crippen molar-refractivity contribution in [2.45, 2.75) is 26.8 Å². The first-order chi connectivity index (χ1) is 17.8. The smallest absolute Gasteiger partial charge is 0.262 e. The van der Waals surface area contributed by atoms with Gasteiger partial charge in [0.05, 0.1) is 12.6 Å². The molecular formula is C29H28BrN3O4. The van der Waals surface area contributed by atoms with E-state index in [4.69, 9.17) is 9.47 Å². The summed E-state index contributed by atoms with van der Waals surface area (Å²) in [5.74, 6) is -0.0692. The molecule has 2 amide bonds. The van der Waals surface area contributed by atoms with Crippen LogP contribution in [0.15, 0.2) is 76.8 Å². The second-order valence-electron chi connectivity index (χ2n) is 8.23. The third-order valence-corrected chi connectivity index (χ3v) is 6.06. The fourth-order valence-electron chi connectivity index (χ4n) is 3.42. The van der Waals surface area contributed by atoms with Crippen LogP contribution in [-0.4, -0.2) is 25.0 Å². The molecule has 0 unspecified atom stereocenters. The maximum absolute atomic E-state index is 12.8. The summed E-state index contributed by atoms with van der Waals surface area (Å²) in [6.07, 6.45) is 1.48. The number of anilines is 1. The summed E-state index contributed by atoms with van der Waals surface area (Å²) in [6, 6.07) is 22.0. The molecule has 0 saturated heterocycles. The molecule has 37 heavy (non-hydrogen) atoms. The number of halogens is 1. The average Bonchev–Trinajstić information content (AvgIpc) is 2.89. The first kappa shape index (κ1) is 27.5. The summed E-state index contributed by atoms with van der Waals surface area (Å²) in [7, 11) is 0. The zero-order valence-corrected chi connectivity index (χ0v) is 22.5. The Labute approximate surface area is 225 Å². The van der Waals surface area contributed by atoms with Crippen molar-refractivity contribution in [1.29, 1.82) is 5.26 Å². The molecule has 7 nitrogen and oxygen atoms in total. The van der Waals surface area contributed by atoms with Gasteiger partial charge in [-0.1, -0.05) is 64.0 Å². The number of ether oxygens (including phenoxy) is 2. The summed E-state index contributed by atoms with van der Waals surface area (Å²) in [4.78, 5) is 25.1. The fourth-order valence-corrected chi connectivity index (χ4v) is 3.86. The van der Waals surface area contributed by atoms with Crippen LogP contribution in [-0.2, 0) is 9.59 Å². The third-order valence-electron chi connectivity index (χ3n) is 5.37. The molecule has 0 bridgehead atoms. The van der Waals surface area contributed by atoms with Crippen LogP contribution < -0.4 is 20.1 Å². The minimum atomic E-state index is -0.489. The Hall–Kier alpha value is -4.09. The molecule has 1 atom stereocenters. The molecule has 2 N–H and O–H groups in total. The quantitative estimate of drug-likeness (QED) is 0.235. The molecular weight excluding hydrogens is 534 g/mol. The Morgan fingerprint density at radius 2 is 1.73 bits per heavy atom. The molecule has 0 heterocycles. The lowest BCUT2D eigenvalue weighted by molar-refractivity contribution is -0.118. The van der Waals surface area contributed by atoms with Crippen LogP contribution in [0.1, 0.15) is 36.6 Å². The van der Waals surface area contributed by atoms with Gasteiger partial charge in [0.2, 0.25) is 0 Å². The Morgan fingerprint density at radius 1 is 1.05 bits per heavy atom. The Balaban J connectivity index is 1.74. The van der Waals surface area contributed by atoms with Crippen molar-refractivity contribution in [3.05, 3.63) is 93.5 Å². The number of carbonyl (C=O) groups excluding carboxylic acids is 2. The van der Waals surface area contributed by atoms with E-state index < -0.39 is 5.91 Å². The van der Waals surface area contributed by atoms with E-state index in [9.17, 15) is 14.9 Å². The predicted molar refractivity (Wildman–Crippen MR) is 147 cm³/mol. The number of carbonyl (C=O) groups is 2. The largest absolute Gasteiger partial charge is 0.490 e. The van der Waals surface area contributed by atoms with Gasteiger partial charge in [0.1, 0.15) is 11.6 Å². The van der Waals surface area contributed by atoms with E-state index in [1.54, 1.807) is 12.1 Å². The van der Waals surface area contributed by atoms with Gasteiger partial charge in [-0.3, -0.25) is 9.59 Å². The van der Waals surface area contributed by atoms with Crippen LogP contribution >= 0.6 is 15.9 Å². The van der Waals surface area contributed by atoms with Crippen molar-refractivity contribution in [3.8, 4) is 17.6 Å². The molecule has 3 aromatic rings. The summed E-state index contributed by atoms with van der Waals surface area (Å²) in [6.45, 7) is 5.78. The number of nitrogens with one attached hydrogen (secondary N) is 2. The number of hydrogen-bond acceptors (Lipinski definition) is 5. The first-order valence-electron chi connectivity index (χ1n) is 11.7. The second kappa shape index (κ2) is 13.3. The Bertz CT molecular complexity index is 1320. The molecule has 0 aliphatic rings. The van der Waals surface area contributed by atoms with Crippen LogP contribution in [0.4, 0.5) is 5.69 Å². The van der Waals surface area contributed by atoms with Gasteiger partial charge >= 0.3 is 0 Å². The van der Waals surface area contributed by atoms with Crippen molar-refractivity contribution in [2.75, 3.05) is 18.5 Å². The van der Waals surface area contributed by atoms with Gasteiger partial charge in [0.25, 0.3) is 11.8 Å². The lowest BCUT2D eigenvalue weighted by Gasteiger charge is -2.15. The van der Waals surface area contributed by atoms with Crippen LogP contribution in [0.2, 0.25) is 0 Å². The van der Waals surface area contributed by atoms with Gasteiger partial charge < -0.3 is 20.1 Å². The van der Waals surface area contributed by atoms with E-state index in [0.717, 1.165) is 11.1 Å². The minimum absolute atomic E-state index is 0.0583. The molecule has 3 aromatic carbocycles. The zero-order valence-electron chi connectivity index (χ0n) is 20.9. The van der Waals surface area contributed by atoms with Crippen molar-refractivity contribution in [2.24, 2.45) is 0 Å². The molecule has 0 saturated carbocycles. The summed E-state index contributed by atoms with van der Waals surface area (Å²) in [5, 5.41) is 15.3. The highest BCUT2D eigenvalue weighted by Gasteiger charge is 2.17. The molecule has 190 valence electrons. The topological polar surface area (TPSA) is 100 Å². The van der Waals surface area contributed by atoms with Gasteiger partial charge in [0, 0.05) is 10.2 Å². The van der Waals surface area contributed by atoms with Crippen molar-refractivity contribution in [1.82, 2.24) is 5.32 Å². The third kappa shape index (κ3) is 7.95. The zero-order chi connectivity index (χ0) is 26.8. The molecule has 0 spiro atoms. The molecule has 0 aliphatic carbocycles. The van der Waals surface area contributed by atoms with Crippen molar-refractivity contribution in [3.63, 3.8) is 0 Å². The van der Waals surface area contributed by atoms with Crippen LogP contribution in [0.25, 0.3) is 6.08 Å². The maximum atomic E-state index is 12.8. The Kier molecular flexibility index (Phi) is 9.87. The van der Waals surface area contributed by atoms with E-state index in [1.807, 2.05) is 81.4 Å². The summed E-state index contributed by atoms with van der Waals surface area (Å²) in [5.41, 5.74) is 3.20. The predicted octanol–water partition coefficient (Wildman–Crippen LogP) is 5.96. The summed E-state index contributed by atoms with van der Waals surface area (Å²) >= 11 is 3.47. The van der Waals surface area contributed by atoms with Crippen LogP contribution in [0.3, 0.4) is 0 Å². The SMILES string of the molecule is CCOc1cc(/C=C(/C#N)C(=O)N[C@@H](C)c2ccccc2)c(Br)cc1OCC(=O)Nc1ccc(C)cc1. The average molecular weight is 562 g/mol. The standard InChI is InChI=1S/C29H28BrN3O4/c1-4-36-26-15-22(14-23(17-31)29(35)32-20(3)21-8-6-5-7-9-21)25(30)16-27(26)37-18-28(34)33-24-12-10-19(2)11-13-24/h5-16,20H,4,18H2,1-3H3,(H,32,35)(H,33,34)/b23-14-/t20-/m0/s1. The number of amides is 2. The number of nitrogens with zero attached hydrogens (tertiary/aromatic N) is 1.